The molecule has 0 bridgehead atoms. The highest BCUT2D eigenvalue weighted by Gasteiger charge is 2.94. The SMILES string of the molecule is CCOc1ccc([C@H]2[C@@]3(C#N)[C@]4(N=C(N)[C@@]23C#N)OC[C@@H](C)O4)cc1. The first kappa shape index (κ1) is 15.9. The highest BCUT2D eigenvalue weighted by Crippen LogP contribution is 2.82. The molecule has 0 unspecified atom stereocenters. The van der Waals surface area contributed by atoms with Gasteiger partial charge in [0.2, 0.25) is 0 Å². The quantitative estimate of drug-likeness (QED) is 0.896. The van der Waals surface area contributed by atoms with Crippen molar-refractivity contribution in [3.05, 3.63) is 29.8 Å². The van der Waals surface area contributed by atoms with Gasteiger partial charge in [-0.3, -0.25) is 0 Å². The fraction of sp³-hybridized carbons (Fsp3) is 0.500. The van der Waals surface area contributed by atoms with E-state index in [1.54, 1.807) is 0 Å². The number of amidine groups is 1. The summed E-state index contributed by atoms with van der Waals surface area (Å²) in [5.41, 5.74) is 4.42. The normalized spacial score (nSPS) is 40.9. The molecule has 4 rings (SSSR count). The van der Waals surface area contributed by atoms with Gasteiger partial charge in [0.15, 0.2) is 5.41 Å². The van der Waals surface area contributed by atoms with E-state index >= 15 is 0 Å². The monoisotopic (exact) mass is 338 g/mol. The Balaban J connectivity index is 1.81. The number of hydrogen-bond acceptors (Lipinski definition) is 7. The van der Waals surface area contributed by atoms with Gasteiger partial charge in [-0.15, -0.1) is 0 Å². The number of aliphatic imine (C=N–C) groups is 1. The molecule has 1 aromatic carbocycles. The smallest absolute Gasteiger partial charge is 0.293 e. The molecule has 0 radical (unpaired) electrons. The second kappa shape index (κ2) is 4.95. The summed E-state index contributed by atoms with van der Waals surface area (Å²) >= 11 is 0. The van der Waals surface area contributed by atoms with Crippen LogP contribution in [0.2, 0.25) is 0 Å². The zero-order valence-corrected chi connectivity index (χ0v) is 14.0. The molecule has 0 aromatic heterocycles. The Morgan fingerprint density at radius 3 is 2.56 bits per heavy atom. The number of nitrogens with two attached hydrogens (primary N) is 1. The number of benzene rings is 1. The zero-order valence-electron chi connectivity index (χ0n) is 14.0. The molecule has 1 saturated heterocycles. The van der Waals surface area contributed by atoms with Crippen LogP contribution >= 0.6 is 0 Å². The lowest BCUT2D eigenvalue weighted by atomic mass is 9.94. The largest absolute Gasteiger partial charge is 0.494 e. The van der Waals surface area contributed by atoms with E-state index in [9.17, 15) is 10.5 Å². The lowest BCUT2D eigenvalue weighted by Gasteiger charge is -2.26. The van der Waals surface area contributed by atoms with Gasteiger partial charge >= 0.3 is 0 Å². The fourth-order valence-electron chi connectivity index (χ4n) is 4.28. The summed E-state index contributed by atoms with van der Waals surface area (Å²) in [4.78, 5) is 4.29. The summed E-state index contributed by atoms with van der Waals surface area (Å²) in [5, 5.41) is 20.0. The van der Waals surface area contributed by atoms with Gasteiger partial charge in [0.25, 0.3) is 5.91 Å². The van der Waals surface area contributed by atoms with Crippen molar-refractivity contribution in [1.82, 2.24) is 0 Å². The van der Waals surface area contributed by atoms with E-state index in [0.29, 0.717) is 13.2 Å². The van der Waals surface area contributed by atoms with E-state index in [0.717, 1.165) is 11.3 Å². The second-order valence-corrected chi connectivity index (χ2v) is 6.59. The van der Waals surface area contributed by atoms with Crippen LogP contribution in [-0.4, -0.2) is 31.1 Å². The summed E-state index contributed by atoms with van der Waals surface area (Å²) in [7, 11) is 0. The minimum atomic E-state index is -1.51. The minimum absolute atomic E-state index is 0.101. The number of rotatable bonds is 3. The molecule has 1 aromatic rings. The first-order valence-electron chi connectivity index (χ1n) is 8.24. The Morgan fingerprint density at radius 1 is 1.32 bits per heavy atom. The van der Waals surface area contributed by atoms with Crippen LogP contribution in [0.25, 0.3) is 0 Å². The summed E-state index contributed by atoms with van der Waals surface area (Å²) in [6.45, 7) is 4.62. The van der Waals surface area contributed by atoms with Gasteiger partial charge in [0.1, 0.15) is 17.0 Å². The Kier molecular flexibility index (Phi) is 3.15. The molecule has 7 nitrogen and oxygen atoms in total. The highest BCUT2D eigenvalue weighted by atomic mass is 16.8. The molecular weight excluding hydrogens is 320 g/mol. The van der Waals surface area contributed by atoms with Gasteiger partial charge < -0.3 is 19.9 Å². The number of nitrogens with zero attached hydrogens (tertiary/aromatic N) is 3. The lowest BCUT2D eigenvalue weighted by molar-refractivity contribution is -0.193. The molecule has 1 saturated carbocycles. The van der Waals surface area contributed by atoms with Crippen molar-refractivity contribution in [1.29, 1.82) is 10.5 Å². The molecule has 2 aliphatic heterocycles. The number of fused-ring (bicyclic) bond motifs is 2. The molecule has 3 aliphatic rings. The second-order valence-electron chi connectivity index (χ2n) is 6.59. The third-order valence-electron chi connectivity index (χ3n) is 5.33. The number of hydrogen-bond donors (Lipinski definition) is 1. The maximum Gasteiger partial charge on any atom is 0.293 e. The molecular formula is C18H18N4O3. The summed E-state index contributed by atoms with van der Waals surface area (Å²) in [5.74, 6) is -1.14. The molecule has 2 fully saturated rings. The van der Waals surface area contributed by atoms with Crippen LogP contribution in [0.4, 0.5) is 0 Å². The van der Waals surface area contributed by atoms with Crippen LogP contribution in [0, 0.1) is 33.5 Å². The van der Waals surface area contributed by atoms with Gasteiger partial charge in [-0.2, -0.15) is 10.5 Å². The van der Waals surface area contributed by atoms with E-state index < -0.39 is 22.7 Å². The molecule has 2 heterocycles. The third kappa shape index (κ3) is 1.62. The van der Waals surface area contributed by atoms with E-state index in [1.807, 2.05) is 38.1 Å². The van der Waals surface area contributed by atoms with Crippen LogP contribution in [0.5, 0.6) is 5.75 Å². The van der Waals surface area contributed by atoms with Crippen LogP contribution < -0.4 is 10.5 Å². The van der Waals surface area contributed by atoms with Crippen LogP contribution in [0.15, 0.2) is 29.3 Å². The van der Waals surface area contributed by atoms with Crippen LogP contribution in [-0.2, 0) is 9.47 Å². The Bertz CT molecular complexity index is 839. The average Bonchev–Trinajstić information content (AvgIpc) is 3.00. The standard InChI is InChI=1S/C18H18N4O3/c1-3-23-13-6-4-12(5-7-13)14-16(9-19)15(21)22-18(17(14,16)10-20)24-8-11(2)25-18/h4-7,11,14H,3,8H2,1-2H3,(H2,21,22)/t11-,14-,16-,17-,18+/m1/s1. The maximum absolute atomic E-state index is 10.0. The predicted molar refractivity (Wildman–Crippen MR) is 87.3 cm³/mol. The highest BCUT2D eigenvalue weighted by molar-refractivity contribution is 6.00. The van der Waals surface area contributed by atoms with Crippen LogP contribution in [0.3, 0.4) is 0 Å². The van der Waals surface area contributed by atoms with E-state index in [4.69, 9.17) is 19.9 Å². The molecule has 2 N–H and O–H groups in total. The molecule has 7 heteroatoms. The van der Waals surface area contributed by atoms with Crippen LogP contribution in [0.1, 0.15) is 25.3 Å². The lowest BCUT2D eigenvalue weighted by Crippen LogP contribution is -2.39. The van der Waals surface area contributed by atoms with Crippen molar-refractivity contribution in [3.63, 3.8) is 0 Å². The van der Waals surface area contributed by atoms with Gasteiger partial charge in [-0.1, -0.05) is 12.1 Å². The van der Waals surface area contributed by atoms with Gasteiger partial charge in [0.05, 0.1) is 31.5 Å². The Hall–Kier alpha value is -2.61. The third-order valence-corrected chi connectivity index (χ3v) is 5.33. The van der Waals surface area contributed by atoms with Crippen molar-refractivity contribution < 1.29 is 14.2 Å². The molecule has 1 aliphatic carbocycles. The Labute approximate surface area is 145 Å². The van der Waals surface area contributed by atoms with Crippen molar-refractivity contribution in [2.75, 3.05) is 13.2 Å². The predicted octanol–water partition coefficient (Wildman–Crippen LogP) is 1.66. The first-order chi connectivity index (χ1) is 12.0. The Morgan fingerprint density at radius 2 is 2.04 bits per heavy atom. The summed E-state index contributed by atoms with van der Waals surface area (Å²) in [6.07, 6.45) is -0.224. The van der Waals surface area contributed by atoms with E-state index in [1.165, 1.54) is 0 Å². The van der Waals surface area contributed by atoms with Gasteiger partial charge in [0, 0.05) is 5.92 Å². The summed E-state index contributed by atoms with van der Waals surface area (Å²) in [6, 6.07) is 11.9. The first-order valence-corrected chi connectivity index (χ1v) is 8.24. The van der Waals surface area contributed by atoms with E-state index in [2.05, 4.69) is 17.1 Å². The maximum atomic E-state index is 10.0. The van der Waals surface area contributed by atoms with Gasteiger partial charge in [-0.25, -0.2) is 4.99 Å². The number of nitriles is 2. The molecule has 0 amide bonds. The average molecular weight is 338 g/mol. The summed E-state index contributed by atoms with van der Waals surface area (Å²) < 4.78 is 17.1. The molecule has 1 spiro atoms. The minimum Gasteiger partial charge on any atom is -0.494 e. The van der Waals surface area contributed by atoms with Crippen molar-refractivity contribution in [2.45, 2.75) is 31.8 Å². The fourth-order valence-corrected chi connectivity index (χ4v) is 4.28. The molecule has 128 valence electrons. The zero-order chi connectivity index (χ0) is 17.9. The van der Waals surface area contributed by atoms with E-state index in [-0.39, 0.29) is 11.9 Å². The van der Waals surface area contributed by atoms with Gasteiger partial charge in [-0.05, 0) is 31.5 Å². The van der Waals surface area contributed by atoms with Crippen molar-refractivity contribution >= 4 is 5.84 Å². The molecule has 25 heavy (non-hydrogen) atoms. The number of ether oxygens (including phenoxy) is 3. The molecule has 5 atom stereocenters. The topological polar surface area (TPSA) is 114 Å². The van der Waals surface area contributed by atoms with Crippen molar-refractivity contribution in [2.24, 2.45) is 21.6 Å². The van der Waals surface area contributed by atoms with Crippen molar-refractivity contribution in [3.8, 4) is 17.9 Å².